The molecule has 1 atom stereocenters. The molecule has 7 heteroatoms. The van der Waals surface area contributed by atoms with Gasteiger partial charge in [-0.15, -0.1) is 11.3 Å². The standard InChI is InChI=1S/C16H8N2O4S/c19-14-8-4-3-6-10(18(21)22)12(8)15(20)13(14)16-17-9-5-1-2-7-11(9)23-16/h1-7,13H/t13-/m0/s1. The average molecular weight is 324 g/mol. The van der Waals surface area contributed by atoms with Crippen LogP contribution in [0.5, 0.6) is 0 Å². The highest BCUT2D eigenvalue weighted by Crippen LogP contribution is 2.40. The minimum absolute atomic E-state index is 0.105. The number of nitrogens with zero attached hydrogens (tertiary/aromatic N) is 2. The molecule has 0 saturated heterocycles. The van der Waals surface area contributed by atoms with Crippen LogP contribution in [0.25, 0.3) is 10.2 Å². The summed E-state index contributed by atoms with van der Waals surface area (Å²) in [6.45, 7) is 0. The van der Waals surface area contributed by atoms with Gasteiger partial charge in [-0.05, 0) is 12.1 Å². The van der Waals surface area contributed by atoms with Crippen LogP contribution in [0.3, 0.4) is 0 Å². The lowest BCUT2D eigenvalue weighted by Gasteiger charge is -2.00. The number of aromatic nitrogens is 1. The maximum atomic E-state index is 12.7. The number of benzene rings is 2. The Morgan fingerprint density at radius 2 is 1.83 bits per heavy atom. The van der Waals surface area contributed by atoms with Crippen molar-refractivity contribution < 1.29 is 14.5 Å². The molecule has 0 unspecified atom stereocenters. The van der Waals surface area contributed by atoms with Gasteiger partial charge in [0.25, 0.3) is 5.69 Å². The molecule has 3 aromatic rings. The second kappa shape index (κ2) is 4.79. The third-order valence-electron chi connectivity index (χ3n) is 3.83. The molecule has 0 amide bonds. The predicted molar refractivity (Wildman–Crippen MR) is 84.1 cm³/mol. The lowest BCUT2D eigenvalue weighted by Crippen LogP contribution is -2.12. The van der Waals surface area contributed by atoms with Crippen LogP contribution in [-0.2, 0) is 0 Å². The third kappa shape index (κ3) is 1.90. The maximum absolute atomic E-state index is 12.7. The summed E-state index contributed by atoms with van der Waals surface area (Å²) in [5, 5.41) is 11.5. The number of hydrogen-bond acceptors (Lipinski definition) is 6. The fraction of sp³-hybridized carbons (Fsp3) is 0.0625. The predicted octanol–water partition coefficient (Wildman–Crippen LogP) is 3.37. The molecule has 0 radical (unpaired) electrons. The quantitative estimate of drug-likeness (QED) is 0.409. The molecule has 6 nitrogen and oxygen atoms in total. The minimum atomic E-state index is -1.08. The summed E-state index contributed by atoms with van der Waals surface area (Å²) in [4.78, 5) is 40.1. The van der Waals surface area contributed by atoms with Crippen LogP contribution < -0.4 is 0 Å². The highest BCUT2D eigenvalue weighted by Gasteiger charge is 2.45. The highest BCUT2D eigenvalue weighted by atomic mass is 32.1. The number of Topliss-reactive ketones (excluding diaryl/α,β-unsaturated/α-hetero) is 2. The Balaban J connectivity index is 1.89. The molecule has 112 valence electrons. The number of fused-ring (bicyclic) bond motifs is 2. The van der Waals surface area contributed by atoms with Crippen LogP contribution >= 0.6 is 11.3 Å². The van der Waals surface area contributed by atoms with E-state index in [1.165, 1.54) is 29.5 Å². The minimum Gasteiger partial charge on any atom is -0.293 e. The lowest BCUT2D eigenvalue weighted by atomic mass is 10.1. The van der Waals surface area contributed by atoms with Gasteiger partial charge in [0, 0.05) is 11.6 Å². The van der Waals surface area contributed by atoms with Crippen LogP contribution in [0.2, 0.25) is 0 Å². The Labute approximate surface area is 133 Å². The van der Waals surface area contributed by atoms with E-state index < -0.39 is 22.4 Å². The van der Waals surface area contributed by atoms with Crippen molar-refractivity contribution in [2.45, 2.75) is 5.92 Å². The molecule has 0 spiro atoms. The molecule has 0 aliphatic heterocycles. The van der Waals surface area contributed by atoms with E-state index in [0.717, 1.165) is 4.70 Å². The van der Waals surface area contributed by atoms with Crippen molar-refractivity contribution in [1.82, 2.24) is 4.98 Å². The number of para-hydroxylation sites is 1. The number of nitro groups is 1. The van der Waals surface area contributed by atoms with Gasteiger partial charge < -0.3 is 0 Å². The van der Waals surface area contributed by atoms with Crippen LogP contribution in [0.4, 0.5) is 5.69 Å². The molecule has 0 bridgehead atoms. The molecule has 4 rings (SSSR count). The zero-order chi connectivity index (χ0) is 16.1. The van der Waals surface area contributed by atoms with Gasteiger partial charge in [-0.25, -0.2) is 4.98 Å². The fourth-order valence-electron chi connectivity index (χ4n) is 2.81. The first-order chi connectivity index (χ1) is 11.1. The molecule has 1 heterocycles. The molecule has 1 aliphatic carbocycles. The molecule has 23 heavy (non-hydrogen) atoms. The summed E-state index contributed by atoms with van der Waals surface area (Å²) in [5.41, 5.74) is 0.378. The Bertz CT molecular complexity index is 975. The maximum Gasteiger partial charge on any atom is 0.280 e. The van der Waals surface area contributed by atoms with Gasteiger partial charge in [0.05, 0.1) is 15.1 Å². The molecule has 2 aromatic carbocycles. The van der Waals surface area contributed by atoms with Crippen molar-refractivity contribution in [3.8, 4) is 0 Å². The largest absolute Gasteiger partial charge is 0.293 e. The van der Waals surface area contributed by atoms with Gasteiger partial charge in [0.2, 0.25) is 0 Å². The number of nitro benzene ring substituents is 1. The van der Waals surface area contributed by atoms with E-state index in [-0.39, 0.29) is 16.8 Å². The van der Waals surface area contributed by atoms with Crippen molar-refractivity contribution >= 4 is 38.8 Å². The molecule has 0 N–H and O–H groups in total. The van der Waals surface area contributed by atoms with Gasteiger partial charge in [0.1, 0.15) is 16.5 Å². The second-order valence-corrected chi connectivity index (χ2v) is 6.20. The van der Waals surface area contributed by atoms with Gasteiger partial charge in [-0.3, -0.25) is 19.7 Å². The van der Waals surface area contributed by atoms with Gasteiger partial charge in [-0.1, -0.05) is 24.3 Å². The number of rotatable bonds is 2. The normalized spacial score (nSPS) is 16.8. The number of thiazole rings is 1. The summed E-state index contributed by atoms with van der Waals surface area (Å²) in [6, 6.07) is 11.4. The Hall–Kier alpha value is -2.93. The fourth-order valence-corrected chi connectivity index (χ4v) is 3.88. The van der Waals surface area contributed by atoms with Gasteiger partial charge in [0.15, 0.2) is 11.6 Å². The van der Waals surface area contributed by atoms with E-state index in [0.29, 0.717) is 10.5 Å². The number of hydrogen-bond donors (Lipinski definition) is 0. The Kier molecular flexibility index (Phi) is 2.85. The van der Waals surface area contributed by atoms with E-state index in [4.69, 9.17) is 0 Å². The lowest BCUT2D eigenvalue weighted by molar-refractivity contribution is -0.385. The van der Waals surface area contributed by atoms with E-state index >= 15 is 0 Å². The van der Waals surface area contributed by atoms with E-state index in [9.17, 15) is 19.7 Å². The number of carbonyl (C=O) groups excluding carboxylic acids is 2. The monoisotopic (exact) mass is 324 g/mol. The second-order valence-electron chi connectivity index (χ2n) is 5.14. The van der Waals surface area contributed by atoms with E-state index in [2.05, 4.69) is 4.98 Å². The van der Waals surface area contributed by atoms with Crippen LogP contribution in [0.1, 0.15) is 31.6 Å². The Morgan fingerprint density at radius 1 is 1.04 bits per heavy atom. The van der Waals surface area contributed by atoms with Gasteiger partial charge >= 0.3 is 0 Å². The first-order valence-electron chi connectivity index (χ1n) is 6.79. The van der Waals surface area contributed by atoms with E-state index in [1.807, 2.05) is 18.2 Å². The van der Waals surface area contributed by atoms with Crippen molar-refractivity contribution in [2.75, 3.05) is 0 Å². The first-order valence-corrected chi connectivity index (χ1v) is 7.61. The summed E-state index contributed by atoms with van der Waals surface area (Å²) < 4.78 is 0.869. The summed E-state index contributed by atoms with van der Waals surface area (Å²) >= 11 is 1.26. The Morgan fingerprint density at radius 3 is 2.57 bits per heavy atom. The summed E-state index contributed by atoms with van der Waals surface area (Å²) in [5.74, 6) is -2.05. The molecule has 0 saturated carbocycles. The van der Waals surface area contributed by atoms with Crippen molar-refractivity contribution in [3.63, 3.8) is 0 Å². The third-order valence-corrected chi connectivity index (χ3v) is 4.93. The highest BCUT2D eigenvalue weighted by molar-refractivity contribution is 7.18. The summed E-state index contributed by atoms with van der Waals surface area (Å²) in [7, 11) is 0. The molecule has 0 fully saturated rings. The number of carbonyl (C=O) groups is 2. The average Bonchev–Trinajstić information content (AvgIpc) is 3.07. The smallest absolute Gasteiger partial charge is 0.280 e. The van der Waals surface area contributed by atoms with Gasteiger partial charge in [-0.2, -0.15) is 0 Å². The molecule has 1 aliphatic rings. The molecular weight excluding hydrogens is 316 g/mol. The molecular formula is C16H8N2O4S. The SMILES string of the molecule is O=C1c2cccc([N+](=O)[O-])c2C(=O)[C@H]1c1nc2ccccc2s1. The zero-order valence-electron chi connectivity index (χ0n) is 11.6. The van der Waals surface area contributed by atoms with E-state index in [1.54, 1.807) is 6.07 Å². The van der Waals surface area contributed by atoms with Crippen molar-refractivity contribution in [2.24, 2.45) is 0 Å². The number of ketones is 2. The van der Waals surface area contributed by atoms with Crippen LogP contribution in [-0.4, -0.2) is 21.5 Å². The van der Waals surface area contributed by atoms with Crippen LogP contribution in [0.15, 0.2) is 42.5 Å². The topological polar surface area (TPSA) is 90.2 Å². The zero-order valence-corrected chi connectivity index (χ0v) is 12.4. The van der Waals surface area contributed by atoms with Crippen molar-refractivity contribution in [1.29, 1.82) is 0 Å². The van der Waals surface area contributed by atoms with Crippen molar-refractivity contribution in [3.05, 3.63) is 68.7 Å². The van der Waals surface area contributed by atoms with Crippen LogP contribution in [0, 0.1) is 10.1 Å². The first kappa shape index (κ1) is 13.7. The molecule has 1 aromatic heterocycles. The summed E-state index contributed by atoms with van der Waals surface area (Å²) in [6.07, 6.45) is 0.